The molecule has 2 aromatic rings. The average molecular weight is 285 g/mol. The summed E-state index contributed by atoms with van der Waals surface area (Å²) in [6, 6.07) is 12.3. The average Bonchev–Trinajstić information content (AvgIpc) is 2.52. The molecule has 21 heavy (non-hydrogen) atoms. The lowest BCUT2D eigenvalue weighted by Gasteiger charge is -2.11. The summed E-state index contributed by atoms with van der Waals surface area (Å²) in [5.41, 5.74) is 1.34. The van der Waals surface area contributed by atoms with E-state index in [1.807, 2.05) is 19.2 Å². The molecule has 1 aromatic carbocycles. The first-order valence-corrected chi connectivity index (χ1v) is 7.42. The molecule has 0 aliphatic carbocycles. The Morgan fingerprint density at radius 3 is 2.57 bits per heavy atom. The lowest BCUT2D eigenvalue weighted by Crippen LogP contribution is -2.06. The topological polar surface area (TPSA) is 47.0 Å². The summed E-state index contributed by atoms with van der Waals surface area (Å²) >= 11 is 0. The molecule has 4 heteroatoms. The first-order valence-electron chi connectivity index (χ1n) is 7.42. The van der Waals surface area contributed by atoms with Gasteiger partial charge in [-0.15, -0.1) is 0 Å². The lowest BCUT2D eigenvalue weighted by atomic mass is 10.1. The van der Waals surface area contributed by atoms with Gasteiger partial charge in [-0.3, -0.25) is 0 Å². The SMILES string of the molecule is CNc1cc(OCCCc2ccccc2)nc(C(C)C)n1. The number of anilines is 1. The van der Waals surface area contributed by atoms with E-state index in [0.29, 0.717) is 12.5 Å². The molecule has 0 unspecified atom stereocenters. The molecule has 2 rings (SSSR count). The van der Waals surface area contributed by atoms with Gasteiger partial charge in [0.25, 0.3) is 0 Å². The van der Waals surface area contributed by atoms with Gasteiger partial charge in [0.15, 0.2) is 0 Å². The Morgan fingerprint density at radius 1 is 1.14 bits per heavy atom. The third kappa shape index (κ3) is 4.74. The quantitative estimate of drug-likeness (QED) is 0.789. The fourth-order valence-corrected chi connectivity index (χ4v) is 2.00. The van der Waals surface area contributed by atoms with Crippen LogP contribution in [0.1, 0.15) is 37.6 Å². The molecular formula is C17H23N3O. The largest absolute Gasteiger partial charge is 0.478 e. The van der Waals surface area contributed by atoms with Crippen LogP contribution in [0.25, 0.3) is 0 Å². The van der Waals surface area contributed by atoms with Gasteiger partial charge in [-0.05, 0) is 18.4 Å². The van der Waals surface area contributed by atoms with Gasteiger partial charge in [-0.2, -0.15) is 4.98 Å². The number of hydrogen-bond acceptors (Lipinski definition) is 4. The maximum absolute atomic E-state index is 5.77. The summed E-state index contributed by atoms with van der Waals surface area (Å²) in [5.74, 6) is 2.53. The van der Waals surface area contributed by atoms with E-state index in [9.17, 15) is 0 Å². The summed E-state index contributed by atoms with van der Waals surface area (Å²) in [4.78, 5) is 8.88. The van der Waals surface area contributed by atoms with Crippen molar-refractivity contribution in [3.05, 3.63) is 47.8 Å². The van der Waals surface area contributed by atoms with E-state index in [1.54, 1.807) is 0 Å². The second kappa shape index (κ2) is 7.62. The highest BCUT2D eigenvalue weighted by atomic mass is 16.5. The molecule has 0 bridgehead atoms. The molecule has 1 heterocycles. The van der Waals surface area contributed by atoms with Crippen LogP contribution in [0.4, 0.5) is 5.82 Å². The van der Waals surface area contributed by atoms with Gasteiger partial charge in [0.1, 0.15) is 11.6 Å². The van der Waals surface area contributed by atoms with Crippen LogP contribution in [0.15, 0.2) is 36.4 Å². The molecule has 1 aromatic heterocycles. The summed E-state index contributed by atoms with van der Waals surface area (Å²) in [6.45, 7) is 4.81. The van der Waals surface area contributed by atoms with E-state index in [1.165, 1.54) is 5.56 Å². The van der Waals surface area contributed by atoms with Gasteiger partial charge in [0, 0.05) is 19.0 Å². The maximum Gasteiger partial charge on any atom is 0.218 e. The van der Waals surface area contributed by atoms with Crippen molar-refractivity contribution in [1.82, 2.24) is 9.97 Å². The van der Waals surface area contributed by atoms with Crippen LogP contribution in [0, 0.1) is 0 Å². The molecule has 0 amide bonds. The van der Waals surface area contributed by atoms with E-state index in [2.05, 4.69) is 53.4 Å². The number of ether oxygens (including phenoxy) is 1. The normalized spacial score (nSPS) is 10.7. The van der Waals surface area contributed by atoms with Gasteiger partial charge in [-0.25, -0.2) is 4.98 Å². The van der Waals surface area contributed by atoms with Crippen LogP contribution < -0.4 is 10.1 Å². The van der Waals surface area contributed by atoms with Crippen LogP contribution in [-0.2, 0) is 6.42 Å². The van der Waals surface area contributed by atoms with Crippen LogP contribution in [-0.4, -0.2) is 23.6 Å². The highest BCUT2D eigenvalue weighted by Gasteiger charge is 2.08. The van der Waals surface area contributed by atoms with Crippen LogP contribution in [0.3, 0.4) is 0 Å². The lowest BCUT2D eigenvalue weighted by molar-refractivity contribution is 0.297. The molecular weight excluding hydrogens is 262 g/mol. The van der Waals surface area contributed by atoms with Gasteiger partial charge in [0.05, 0.1) is 6.61 Å². The van der Waals surface area contributed by atoms with Gasteiger partial charge >= 0.3 is 0 Å². The fourth-order valence-electron chi connectivity index (χ4n) is 2.00. The minimum atomic E-state index is 0.282. The Balaban J connectivity index is 1.89. The molecule has 112 valence electrons. The van der Waals surface area contributed by atoms with Crippen molar-refractivity contribution in [2.24, 2.45) is 0 Å². The van der Waals surface area contributed by atoms with Crippen LogP contribution in [0.5, 0.6) is 5.88 Å². The van der Waals surface area contributed by atoms with E-state index >= 15 is 0 Å². The minimum absolute atomic E-state index is 0.282. The van der Waals surface area contributed by atoms with E-state index < -0.39 is 0 Å². The summed E-state index contributed by atoms with van der Waals surface area (Å²) in [5, 5.41) is 3.05. The van der Waals surface area contributed by atoms with E-state index in [0.717, 1.165) is 24.5 Å². The fraction of sp³-hybridized carbons (Fsp3) is 0.412. The van der Waals surface area contributed by atoms with Crippen LogP contribution >= 0.6 is 0 Å². The van der Waals surface area contributed by atoms with E-state index in [4.69, 9.17) is 4.74 Å². The van der Waals surface area contributed by atoms with Gasteiger partial charge < -0.3 is 10.1 Å². The first kappa shape index (κ1) is 15.3. The number of nitrogens with zero attached hydrogens (tertiary/aromatic N) is 2. The maximum atomic E-state index is 5.77. The Morgan fingerprint density at radius 2 is 1.90 bits per heavy atom. The second-order valence-electron chi connectivity index (χ2n) is 5.29. The molecule has 0 radical (unpaired) electrons. The van der Waals surface area contributed by atoms with Crippen molar-refractivity contribution in [3.8, 4) is 5.88 Å². The Bertz CT molecular complexity index is 555. The zero-order chi connectivity index (χ0) is 15.1. The van der Waals surface area contributed by atoms with Crippen molar-refractivity contribution in [2.75, 3.05) is 19.0 Å². The Kier molecular flexibility index (Phi) is 5.55. The number of benzene rings is 1. The monoisotopic (exact) mass is 285 g/mol. The summed E-state index contributed by atoms with van der Waals surface area (Å²) < 4.78 is 5.77. The molecule has 1 N–H and O–H groups in total. The third-order valence-corrected chi connectivity index (χ3v) is 3.20. The van der Waals surface area contributed by atoms with Crippen molar-refractivity contribution >= 4 is 5.82 Å². The highest BCUT2D eigenvalue weighted by molar-refractivity contribution is 5.38. The molecule has 0 spiro atoms. The predicted octanol–water partition coefficient (Wildman–Crippen LogP) is 3.65. The molecule has 4 nitrogen and oxygen atoms in total. The third-order valence-electron chi connectivity index (χ3n) is 3.20. The smallest absolute Gasteiger partial charge is 0.218 e. The van der Waals surface area contributed by atoms with Crippen LogP contribution in [0.2, 0.25) is 0 Å². The van der Waals surface area contributed by atoms with Crippen molar-refractivity contribution < 1.29 is 4.74 Å². The molecule has 0 aliphatic heterocycles. The summed E-state index contributed by atoms with van der Waals surface area (Å²) in [7, 11) is 1.85. The molecule has 0 saturated carbocycles. The molecule has 0 aliphatic rings. The molecule has 0 fully saturated rings. The zero-order valence-electron chi connectivity index (χ0n) is 13.0. The molecule has 0 atom stereocenters. The molecule has 0 saturated heterocycles. The summed E-state index contributed by atoms with van der Waals surface area (Å²) in [6.07, 6.45) is 1.99. The second-order valence-corrected chi connectivity index (χ2v) is 5.29. The first-order chi connectivity index (χ1) is 10.2. The number of rotatable bonds is 7. The number of aryl methyl sites for hydroxylation is 1. The highest BCUT2D eigenvalue weighted by Crippen LogP contribution is 2.18. The van der Waals surface area contributed by atoms with Gasteiger partial charge in [-0.1, -0.05) is 44.2 Å². The predicted molar refractivity (Wildman–Crippen MR) is 85.9 cm³/mol. The minimum Gasteiger partial charge on any atom is -0.478 e. The standard InChI is InChI=1S/C17H23N3O/c1-13(2)17-19-15(18-3)12-16(20-17)21-11-7-10-14-8-5-4-6-9-14/h4-6,8-9,12-13H,7,10-11H2,1-3H3,(H,18,19,20). The van der Waals surface area contributed by atoms with Crippen molar-refractivity contribution in [3.63, 3.8) is 0 Å². The number of aromatic nitrogens is 2. The number of nitrogens with one attached hydrogen (secondary N) is 1. The Hall–Kier alpha value is -2.10. The van der Waals surface area contributed by atoms with Crippen molar-refractivity contribution in [1.29, 1.82) is 0 Å². The van der Waals surface area contributed by atoms with Gasteiger partial charge in [0.2, 0.25) is 5.88 Å². The Labute approximate surface area is 126 Å². The van der Waals surface area contributed by atoms with E-state index in [-0.39, 0.29) is 5.92 Å². The van der Waals surface area contributed by atoms with Crippen molar-refractivity contribution in [2.45, 2.75) is 32.6 Å². The number of hydrogen-bond donors (Lipinski definition) is 1. The zero-order valence-corrected chi connectivity index (χ0v) is 13.0.